The Balaban J connectivity index is 1.69. The van der Waals surface area contributed by atoms with Gasteiger partial charge in [-0.15, -0.1) is 0 Å². The fourth-order valence-corrected chi connectivity index (χ4v) is 2.62. The Bertz CT molecular complexity index is 918. The van der Waals surface area contributed by atoms with E-state index in [9.17, 15) is 4.79 Å². The lowest BCUT2D eigenvalue weighted by molar-refractivity contribution is 0.102. The third-order valence-corrected chi connectivity index (χ3v) is 4.00. The first-order chi connectivity index (χ1) is 13.1. The third-order valence-electron chi connectivity index (χ3n) is 4.00. The fraction of sp³-hybridized carbons (Fsp3) is 0.300. The summed E-state index contributed by atoms with van der Waals surface area (Å²) in [5.74, 6) is 1.54. The summed E-state index contributed by atoms with van der Waals surface area (Å²) in [6, 6.07) is 10.7. The average Bonchev–Trinajstić information content (AvgIpc) is 3.01. The molecule has 0 fully saturated rings. The highest BCUT2D eigenvalue weighted by molar-refractivity contribution is 6.03. The monoisotopic (exact) mass is 365 g/mol. The highest BCUT2D eigenvalue weighted by atomic mass is 16.5. The number of hydrogen-bond donors (Lipinski definition) is 1. The van der Waals surface area contributed by atoms with E-state index in [1.165, 1.54) is 6.33 Å². The van der Waals surface area contributed by atoms with Crippen molar-refractivity contribution in [3.63, 3.8) is 0 Å². The number of aromatic nitrogens is 4. The molecule has 2 aromatic heterocycles. The van der Waals surface area contributed by atoms with Gasteiger partial charge in [0.15, 0.2) is 5.82 Å². The number of unbranched alkanes of at least 4 members (excludes halogenated alkanes) is 1. The van der Waals surface area contributed by atoms with Crippen molar-refractivity contribution >= 4 is 11.7 Å². The summed E-state index contributed by atoms with van der Waals surface area (Å²) in [5.41, 5.74) is 2.39. The van der Waals surface area contributed by atoms with Crippen LogP contribution in [0.25, 0.3) is 5.82 Å². The number of hydrogen-bond acceptors (Lipinski definition) is 5. The van der Waals surface area contributed by atoms with Gasteiger partial charge in [0.1, 0.15) is 17.9 Å². The maximum absolute atomic E-state index is 12.5. The van der Waals surface area contributed by atoms with Gasteiger partial charge in [0, 0.05) is 17.3 Å². The fourth-order valence-electron chi connectivity index (χ4n) is 2.62. The van der Waals surface area contributed by atoms with Crippen LogP contribution in [0.2, 0.25) is 0 Å². The number of rotatable bonds is 7. The van der Waals surface area contributed by atoms with Crippen LogP contribution in [-0.2, 0) is 0 Å². The SMILES string of the molecule is CCCCOc1ccc(C(=O)Nc2cc(-n3nc(C)cc3C)ncn2)cc1. The Kier molecular flexibility index (Phi) is 5.80. The average molecular weight is 365 g/mol. The molecule has 0 aliphatic carbocycles. The van der Waals surface area contributed by atoms with Crippen molar-refractivity contribution in [2.75, 3.05) is 11.9 Å². The first-order valence-electron chi connectivity index (χ1n) is 8.96. The predicted octanol–water partition coefficient (Wildman–Crippen LogP) is 3.71. The van der Waals surface area contributed by atoms with E-state index in [0.29, 0.717) is 23.8 Å². The van der Waals surface area contributed by atoms with E-state index in [1.807, 2.05) is 19.9 Å². The van der Waals surface area contributed by atoms with Crippen molar-refractivity contribution in [3.05, 3.63) is 59.7 Å². The molecule has 0 radical (unpaired) electrons. The second-order valence-corrected chi connectivity index (χ2v) is 6.28. The second-order valence-electron chi connectivity index (χ2n) is 6.28. The number of aryl methyl sites for hydroxylation is 2. The van der Waals surface area contributed by atoms with Gasteiger partial charge in [-0.05, 0) is 50.6 Å². The molecular formula is C20H23N5O2. The zero-order valence-corrected chi connectivity index (χ0v) is 15.8. The molecule has 3 aromatic rings. The van der Waals surface area contributed by atoms with Crippen LogP contribution in [-0.4, -0.2) is 32.3 Å². The molecule has 7 nitrogen and oxygen atoms in total. The first kappa shape index (κ1) is 18.6. The van der Waals surface area contributed by atoms with Crippen LogP contribution >= 0.6 is 0 Å². The molecular weight excluding hydrogens is 342 g/mol. The Morgan fingerprint density at radius 2 is 1.93 bits per heavy atom. The number of nitrogens with one attached hydrogen (secondary N) is 1. The minimum absolute atomic E-state index is 0.242. The van der Waals surface area contributed by atoms with Crippen LogP contribution in [0.15, 0.2) is 42.7 Å². The number of ether oxygens (including phenoxy) is 1. The van der Waals surface area contributed by atoms with E-state index in [1.54, 1.807) is 35.0 Å². The van der Waals surface area contributed by atoms with Crippen LogP contribution in [0.4, 0.5) is 5.82 Å². The molecule has 2 heterocycles. The maximum atomic E-state index is 12.5. The van der Waals surface area contributed by atoms with Crippen LogP contribution in [0, 0.1) is 13.8 Å². The van der Waals surface area contributed by atoms with E-state index < -0.39 is 0 Å². The number of carbonyl (C=O) groups is 1. The van der Waals surface area contributed by atoms with Gasteiger partial charge in [0.05, 0.1) is 12.3 Å². The molecule has 3 rings (SSSR count). The molecule has 0 unspecified atom stereocenters. The summed E-state index contributed by atoms with van der Waals surface area (Å²) in [4.78, 5) is 20.8. The zero-order chi connectivity index (χ0) is 19.2. The minimum atomic E-state index is -0.242. The van der Waals surface area contributed by atoms with Crippen LogP contribution in [0.5, 0.6) is 5.75 Å². The first-order valence-corrected chi connectivity index (χ1v) is 8.96. The molecule has 0 aliphatic rings. The van der Waals surface area contributed by atoms with Crippen molar-refractivity contribution < 1.29 is 9.53 Å². The van der Waals surface area contributed by atoms with Crippen molar-refractivity contribution in [1.29, 1.82) is 0 Å². The standard InChI is InChI=1S/C20H23N5O2/c1-4-5-10-27-17-8-6-16(7-9-17)20(26)23-18-12-19(22-13-21-18)25-15(3)11-14(2)24-25/h6-9,11-13H,4-5,10H2,1-3H3,(H,21,22,23,26). The van der Waals surface area contributed by atoms with E-state index >= 15 is 0 Å². The number of benzene rings is 1. The molecule has 1 amide bonds. The predicted molar refractivity (Wildman–Crippen MR) is 103 cm³/mol. The van der Waals surface area contributed by atoms with Crippen molar-refractivity contribution in [2.24, 2.45) is 0 Å². The second kappa shape index (κ2) is 8.44. The van der Waals surface area contributed by atoms with Gasteiger partial charge in [0.25, 0.3) is 5.91 Å². The quantitative estimate of drug-likeness (QED) is 0.646. The lowest BCUT2D eigenvalue weighted by atomic mass is 10.2. The van der Waals surface area contributed by atoms with Crippen LogP contribution in [0.3, 0.4) is 0 Å². The zero-order valence-electron chi connectivity index (χ0n) is 15.8. The Morgan fingerprint density at radius 1 is 1.15 bits per heavy atom. The van der Waals surface area contributed by atoms with Crippen LogP contribution < -0.4 is 10.1 Å². The summed E-state index contributed by atoms with van der Waals surface area (Å²) < 4.78 is 7.33. The Morgan fingerprint density at radius 3 is 2.59 bits per heavy atom. The highest BCUT2D eigenvalue weighted by Crippen LogP contribution is 2.16. The summed E-state index contributed by atoms with van der Waals surface area (Å²) >= 11 is 0. The highest BCUT2D eigenvalue weighted by Gasteiger charge is 2.10. The third kappa shape index (κ3) is 4.69. The Labute approximate surface area is 158 Å². The minimum Gasteiger partial charge on any atom is -0.494 e. The van der Waals surface area contributed by atoms with Crippen molar-refractivity contribution in [2.45, 2.75) is 33.6 Å². The molecule has 0 bridgehead atoms. The molecule has 0 atom stereocenters. The largest absolute Gasteiger partial charge is 0.494 e. The molecule has 0 spiro atoms. The lowest BCUT2D eigenvalue weighted by Crippen LogP contribution is -2.14. The van der Waals surface area contributed by atoms with E-state index in [0.717, 1.165) is 30.0 Å². The van der Waals surface area contributed by atoms with Gasteiger partial charge in [-0.25, -0.2) is 14.6 Å². The normalized spacial score (nSPS) is 10.6. The van der Waals surface area contributed by atoms with E-state index in [2.05, 4.69) is 27.3 Å². The maximum Gasteiger partial charge on any atom is 0.256 e. The smallest absolute Gasteiger partial charge is 0.256 e. The molecule has 140 valence electrons. The summed E-state index contributed by atoms with van der Waals surface area (Å²) in [6.07, 6.45) is 3.50. The number of nitrogens with zero attached hydrogens (tertiary/aromatic N) is 4. The van der Waals surface area contributed by atoms with Gasteiger partial charge in [-0.2, -0.15) is 5.10 Å². The lowest BCUT2D eigenvalue weighted by Gasteiger charge is -2.08. The summed E-state index contributed by atoms with van der Waals surface area (Å²) in [7, 11) is 0. The van der Waals surface area contributed by atoms with Crippen molar-refractivity contribution in [3.8, 4) is 11.6 Å². The molecule has 0 saturated carbocycles. The number of carbonyl (C=O) groups excluding carboxylic acids is 1. The molecule has 1 aromatic carbocycles. The van der Waals surface area contributed by atoms with E-state index in [-0.39, 0.29) is 5.91 Å². The van der Waals surface area contributed by atoms with Gasteiger partial charge >= 0.3 is 0 Å². The van der Waals surface area contributed by atoms with Crippen molar-refractivity contribution in [1.82, 2.24) is 19.7 Å². The summed E-state index contributed by atoms with van der Waals surface area (Å²) in [5, 5.41) is 7.19. The van der Waals surface area contributed by atoms with E-state index in [4.69, 9.17) is 4.74 Å². The van der Waals surface area contributed by atoms with Crippen LogP contribution in [0.1, 0.15) is 41.5 Å². The number of amides is 1. The van der Waals surface area contributed by atoms with Gasteiger partial charge in [0.2, 0.25) is 0 Å². The van der Waals surface area contributed by atoms with Gasteiger partial charge in [-0.3, -0.25) is 4.79 Å². The number of anilines is 1. The molecule has 1 N–H and O–H groups in total. The van der Waals surface area contributed by atoms with Gasteiger partial charge < -0.3 is 10.1 Å². The topological polar surface area (TPSA) is 81.9 Å². The molecule has 27 heavy (non-hydrogen) atoms. The molecule has 0 saturated heterocycles. The molecule has 7 heteroatoms. The molecule has 0 aliphatic heterocycles. The van der Waals surface area contributed by atoms with Gasteiger partial charge in [-0.1, -0.05) is 13.3 Å². The summed E-state index contributed by atoms with van der Waals surface area (Å²) in [6.45, 7) is 6.66. The Hall–Kier alpha value is -3.22.